The van der Waals surface area contributed by atoms with Gasteiger partial charge in [0.15, 0.2) is 0 Å². The van der Waals surface area contributed by atoms with Gasteiger partial charge in [-0.1, -0.05) is 48.0 Å². The van der Waals surface area contributed by atoms with Gasteiger partial charge in [-0.25, -0.2) is 0 Å². The maximum Gasteiger partial charge on any atom is 0.279 e. The molecule has 0 aliphatic carbocycles. The maximum atomic E-state index is 12.6. The number of amides is 2. The van der Waals surface area contributed by atoms with Crippen LogP contribution in [0.15, 0.2) is 65.3 Å². The van der Waals surface area contributed by atoms with Crippen LogP contribution in [0.25, 0.3) is 0 Å². The van der Waals surface area contributed by atoms with E-state index >= 15 is 0 Å². The van der Waals surface area contributed by atoms with Crippen molar-refractivity contribution in [1.29, 1.82) is 0 Å². The zero-order valence-corrected chi connectivity index (χ0v) is 13.7. The molecule has 3 rings (SSSR count). The van der Waals surface area contributed by atoms with Gasteiger partial charge in [-0.2, -0.15) is 0 Å². The fraction of sp³-hybridized carbons (Fsp3) is 0.111. The highest BCUT2D eigenvalue weighted by Crippen LogP contribution is 2.28. The molecule has 122 valence electrons. The largest absolute Gasteiger partial charge is 0.497 e. The minimum atomic E-state index is -0.504. The molecule has 2 aromatic rings. The number of methoxy groups -OCH3 is 1. The summed E-state index contributed by atoms with van der Waals surface area (Å²) in [4.78, 5) is 26.0. The second kappa shape index (κ2) is 6.76. The lowest BCUT2D eigenvalue weighted by Gasteiger charge is -2.15. The summed E-state index contributed by atoms with van der Waals surface area (Å²) in [5, 5.41) is 2.80. The molecule has 0 saturated carbocycles. The average Bonchev–Trinajstić information content (AvgIpc) is 2.81. The van der Waals surface area contributed by atoms with E-state index in [4.69, 9.17) is 16.3 Å². The van der Waals surface area contributed by atoms with Crippen LogP contribution in [0.5, 0.6) is 5.75 Å². The van der Waals surface area contributed by atoms with E-state index < -0.39 is 11.8 Å². The van der Waals surface area contributed by atoms with Crippen molar-refractivity contribution >= 4 is 29.1 Å². The lowest BCUT2D eigenvalue weighted by molar-refractivity contribution is -0.138. The van der Waals surface area contributed by atoms with Gasteiger partial charge in [-0.05, 0) is 17.7 Å². The van der Waals surface area contributed by atoms with Crippen LogP contribution >= 0.6 is 11.6 Å². The number of hydrogen-bond acceptors (Lipinski definition) is 4. The summed E-state index contributed by atoms with van der Waals surface area (Å²) in [6.07, 6.45) is 0. The van der Waals surface area contributed by atoms with E-state index in [1.165, 1.54) is 0 Å². The number of nitrogens with one attached hydrogen (secondary N) is 1. The Kier molecular flexibility index (Phi) is 4.53. The van der Waals surface area contributed by atoms with Gasteiger partial charge < -0.3 is 10.1 Å². The lowest BCUT2D eigenvalue weighted by atomic mass is 10.2. The standard InChI is InChI=1S/C18H15ClN2O3/c1-24-14-9-5-8-13(10-14)20-16-15(19)17(22)21(18(16)23)11-12-6-3-2-4-7-12/h2-10,20H,11H2,1H3. The molecule has 24 heavy (non-hydrogen) atoms. The second-order valence-electron chi connectivity index (χ2n) is 5.23. The van der Waals surface area contributed by atoms with Gasteiger partial charge in [0.2, 0.25) is 0 Å². The Morgan fingerprint density at radius 2 is 1.79 bits per heavy atom. The number of rotatable bonds is 5. The summed E-state index contributed by atoms with van der Waals surface area (Å²) < 4.78 is 5.14. The summed E-state index contributed by atoms with van der Waals surface area (Å²) >= 11 is 6.08. The van der Waals surface area contributed by atoms with Gasteiger partial charge in [0.05, 0.1) is 13.7 Å². The van der Waals surface area contributed by atoms with Crippen LogP contribution in [0.4, 0.5) is 5.69 Å². The van der Waals surface area contributed by atoms with E-state index in [9.17, 15) is 9.59 Å². The zero-order chi connectivity index (χ0) is 17.1. The van der Waals surface area contributed by atoms with Crippen LogP contribution in [0.3, 0.4) is 0 Å². The number of ether oxygens (including phenoxy) is 1. The summed E-state index contributed by atoms with van der Waals surface area (Å²) in [5.74, 6) is -0.317. The Bertz CT molecular complexity index is 818. The quantitative estimate of drug-likeness (QED) is 0.848. The lowest BCUT2D eigenvalue weighted by Crippen LogP contribution is -2.31. The second-order valence-corrected chi connectivity index (χ2v) is 5.61. The summed E-state index contributed by atoms with van der Waals surface area (Å²) in [6.45, 7) is 0.179. The first-order chi connectivity index (χ1) is 11.6. The first kappa shape index (κ1) is 16.1. The highest BCUT2D eigenvalue weighted by Gasteiger charge is 2.37. The van der Waals surface area contributed by atoms with Crippen molar-refractivity contribution in [3.8, 4) is 5.75 Å². The number of benzene rings is 2. The summed E-state index contributed by atoms with van der Waals surface area (Å²) in [6, 6.07) is 16.3. The molecule has 0 unspecified atom stereocenters. The molecule has 1 aliphatic rings. The van der Waals surface area contributed by atoms with Crippen molar-refractivity contribution in [1.82, 2.24) is 4.90 Å². The Morgan fingerprint density at radius 1 is 1.04 bits per heavy atom. The van der Waals surface area contributed by atoms with Crippen molar-refractivity contribution in [3.05, 3.63) is 70.9 Å². The van der Waals surface area contributed by atoms with Crippen LogP contribution in [0.2, 0.25) is 0 Å². The Morgan fingerprint density at radius 3 is 2.50 bits per heavy atom. The Balaban J connectivity index is 1.81. The minimum absolute atomic E-state index is 0.0749. The van der Waals surface area contributed by atoms with Crippen LogP contribution in [0.1, 0.15) is 5.56 Å². The molecule has 0 bridgehead atoms. The molecule has 0 saturated heterocycles. The van der Waals surface area contributed by atoms with Gasteiger partial charge in [-0.3, -0.25) is 14.5 Å². The third-order valence-corrected chi connectivity index (χ3v) is 3.98. The van der Waals surface area contributed by atoms with Crippen LogP contribution < -0.4 is 10.1 Å². The monoisotopic (exact) mass is 342 g/mol. The van der Waals surface area contributed by atoms with E-state index in [-0.39, 0.29) is 17.3 Å². The van der Waals surface area contributed by atoms with E-state index in [1.807, 2.05) is 30.3 Å². The van der Waals surface area contributed by atoms with Gasteiger partial charge in [0.1, 0.15) is 16.5 Å². The molecule has 1 heterocycles. The van der Waals surface area contributed by atoms with Crippen LogP contribution in [-0.4, -0.2) is 23.8 Å². The minimum Gasteiger partial charge on any atom is -0.497 e. The molecule has 0 spiro atoms. The van der Waals surface area contributed by atoms with E-state index in [0.717, 1.165) is 10.5 Å². The van der Waals surface area contributed by atoms with E-state index in [1.54, 1.807) is 31.4 Å². The molecular weight excluding hydrogens is 328 g/mol. The number of anilines is 1. The third-order valence-electron chi connectivity index (χ3n) is 3.63. The highest BCUT2D eigenvalue weighted by molar-refractivity contribution is 6.48. The number of hydrogen-bond donors (Lipinski definition) is 1. The molecule has 1 aliphatic heterocycles. The summed E-state index contributed by atoms with van der Waals surface area (Å²) in [5.41, 5.74) is 1.54. The predicted molar refractivity (Wildman–Crippen MR) is 91.5 cm³/mol. The fourth-order valence-electron chi connectivity index (χ4n) is 2.41. The maximum absolute atomic E-state index is 12.6. The Labute approximate surface area is 144 Å². The number of carbonyl (C=O) groups is 2. The normalized spacial score (nSPS) is 14.3. The zero-order valence-electron chi connectivity index (χ0n) is 13.0. The van der Waals surface area contributed by atoms with Crippen LogP contribution in [0, 0.1) is 0 Å². The molecule has 2 amide bonds. The van der Waals surface area contributed by atoms with Crippen molar-refractivity contribution < 1.29 is 14.3 Å². The van der Waals surface area contributed by atoms with Crippen molar-refractivity contribution in [2.45, 2.75) is 6.54 Å². The molecule has 2 aromatic carbocycles. The first-order valence-electron chi connectivity index (χ1n) is 7.31. The average molecular weight is 343 g/mol. The van der Waals surface area contributed by atoms with Crippen molar-refractivity contribution in [3.63, 3.8) is 0 Å². The Hall–Kier alpha value is -2.79. The number of halogens is 1. The van der Waals surface area contributed by atoms with Gasteiger partial charge in [-0.15, -0.1) is 0 Å². The molecule has 0 fully saturated rings. The van der Waals surface area contributed by atoms with Gasteiger partial charge >= 0.3 is 0 Å². The molecule has 0 aromatic heterocycles. The van der Waals surface area contributed by atoms with Gasteiger partial charge in [0, 0.05) is 11.8 Å². The third kappa shape index (κ3) is 3.12. The summed E-state index contributed by atoms with van der Waals surface area (Å²) in [7, 11) is 1.55. The molecular formula is C18H15ClN2O3. The molecule has 1 N–H and O–H groups in total. The van der Waals surface area contributed by atoms with E-state index in [0.29, 0.717) is 11.4 Å². The van der Waals surface area contributed by atoms with Gasteiger partial charge in [0.25, 0.3) is 11.8 Å². The van der Waals surface area contributed by atoms with Crippen molar-refractivity contribution in [2.24, 2.45) is 0 Å². The first-order valence-corrected chi connectivity index (χ1v) is 7.69. The SMILES string of the molecule is COc1cccc(NC2=C(Cl)C(=O)N(Cc3ccccc3)C2=O)c1. The molecule has 0 atom stereocenters. The number of carbonyl (C=O) groups excluding carboxylic acids is 2. The smallest absolute Gasteiger partial charge is 0.279 e. The van der Waals surface area contributed by atoms with Crippen LogP contribution in [-0.2, 0) is 16.1 Å². The number of nitrogens with zero attached hydrogens (tertiary/aromatic N) is 1. The predicted octanol–water partition coefficient (Wildman–Crippen LogP) is 3.13. The topological polar surface area (TPSA) is 58.6 Å². The highest BCUT2D eigenvalue weighted by atomic mass is 35.5. The van der Waals surface area contributed by atoms with Crippen molar-refractivity contribution in [2.75, 3.05) is 12.4 Å². The van der Waals surface area contributed by atoms with E-state index in [2.05, 4.69) is 5.32 Å². The molecule has 5 nitrogen and oxygen atoms in total. The molecule has 0 radical (unpaired) electrons. The fourth-order valence-corrected chi connectivity index (χ4v) is 2.64. The number of imide groups is 1. The molecule has 6 heteroatoms.